The molecule has 2 aromatic rings. The molecule has 0 aliphatic heterocycles. The van der Waals surface area contributed by atoms with Crippen LogP contribution in [0, 0.1) is 5.82 Å². The van der Waals surface area contributed by atoms with Crippen molar-refractivity contribution in [2.45, 2.75) is 19.3 Å². The third-order valence-corrected chi connectivity index (χ3v) is 2.98. The molecule has 0 saturated heterocycles. The molecule has 2 rings (SSSR count). The van der Waals surface area contributed by atoms with Crippen LogP contribution in [0.1, 0.15) is 6.92 Å². The number of anilines is 2. The quantitative estimate of drug-likeness (QED) is 0.802. The molecule has 4 nitrogen and oxygen atoms in total. The largest absolute Gasteiger partial charge is 0.573 e. The van der Waals surface area contributed by atoms with E-state index in [4.69, 9.17) is 0 Å². The van der Waals surface area contributed by atoms with Crippen LogP contribution in [0.2, 0.25) is 0 Å². The number of hydrogen-bond donors (Lipinski definition) is 2. The predicted octanol–water partition coefficient (Wildman–Crippen LogP) is 4.16. The summed E-state index contributed by atoms with van der Waals surface area (Å²) in [5, 5.41) is 5.43. The highest BCUT2D eigenvalue weighted by molar-refractivity contribution is 5.96. The minimum atomic E-state index is -4.77. The molecular weight excluding hydrogens is 328 g/mol. The molecule has 2 N–H and O–H groups in total. The second-order valence-corrected chi connectivity index (χ2v) is 4.93. The van der Waals surface area contributed by atoms with Gasteiger partial charge in [-0.2, -0.15) is 0 Å². The van der Waals surface area contributed by atoms with Gasteiger partial charge in [0.1, 0.15) is 17.6 Å². The molecule has 0 aromatic heterocycles. The Hall–Kier alpha value is -2.77. The van der Waals surface area contributed by atoms with Gasteiger partial charge in [0, 0.05) is 11.4 Å². The Balaban J connectivity index is 1.92. The van der Waals surface area contributed by atoms with Gasteiger partial charge in [0.05, 0.1) is 0 Å². The number of alkyl halides is 3. The summed E-state index contributed by atoms with van der Waals surface area (Å²) in [4.78, 5) is 12.0. The van der Waals surface area contributed by atoms with Crippen LogP contribution in [0.15, 0.2) is 48.5 Å². The molecule has 0 bridgehead atoms. The molecule has 2 aromatic carbocycles. The Morgan fingerprint density at radius 2 is 1.54 bits per heavy atom. The molecule has 1 unspecified atom stereocenters. The fourth-order valence-corrected chi connectivity index (χ4v) is 1.85. The number of hydrogen-bond acceptors (Lipinski definition) is 3. The van der Waals surface area contributed by atoms with Crippen LogP contribution in [0.25, 0.3) is 0 Å². The van der Waals surface area contributed by atoms with Gasteiger partial charge in [-0.15, -0.1) is 13.2 Å². The maximum atomic E-state index is 12.8. The summed E-state index contributed by atoms with van der Waals surface area (Å²) >= 11 is 0. The van der Waals surface area contributed by atoms with E-state index in [1.54, 1.807) is 6.92 Å². The predicted molar refractivity (Wildman–Crippen MR) is 81.2 cm³/mol. The highest BCUT2D eigenvalue weighted by atomic mass is 19.4. The Kier molecular flexibility index (Phi) is 5.28. The van der Waals surface area contributed by atoms with Crippen LogP contribution in [0.4, 0.5) is 28.9 Å². The Bertz CT molecular complexity index is 685. The number of nitrogens with one attached hydrogen (secondary N) is 2. The zero-order valence-corrected chi connectivity index (χ0v) is 12.5. The minimum Gasteiger partial charge on any atom is -0.406 e. The van der Waals surface area contributed by atoms with Gasteiger partial charge in [-0.3, -0.25) is 4.79 Å². The molecule has 24 heavy (non-hydrogen) atoms. The maximum Gasteiger partial charge on any atom is 0.573 e. The first-order chi connectivity index (χ1) is 11.2. The summed E-state index contributed by atoms with van der Waals surface area (Å²) in [6.07, 6.45) is -4.77. The Labute approximate surface area is 135 Å². The number of halogens is 4. The first kappa shape index (κ1) is 17.6. The van der Waals surface area contributed by atoms with Crippen molar-refractivity contribution < 1.29 is 27.1 Å². The molecule has 0 spiro atoms. The van der Waals surface area contributed by atoms with E-state index in [0.29, 0.717) is 11.4 Å². The molecule has 0 saturated carbocycles. The second kappa shape index (κ2) is 7.20. The van der Waals surface area contributed by atoms with Gasteiger partial charge in [-0.25, -0.2) is 4.39 Å². The van der Waals surface area contributed by atoms with Crippen molar-refractivity contribution >= 4 is 17.3 Å². The normalized spacial score (nSPS) is 12.4. The van der Waals surface area contributed by atoms with Crippen molar-refractivity contribution in [2.24, 2.45) is 0 Å². The van der Waals surface area contributed by atoms with Crippen LogP contribution < -0.4 is 15.4 Å². The number of carbonyl (C=O) groups excluding carboxylic acids is 1. The molecule has 1 amide bonds. The number of amides is 1. The Morgan fingerprint density at radius 1 is 1.00 bits per heavy atom. The van der Waals surface area contributed by atoms with E-state index in [1.807, 2.05) is 0 Å². The molecule has 8 heteroatoms. The van der Waals surface area contributed by atoms with Crippen LogP contribution in [-0.2, 0) is 4.79 Å². The summed E-state index contributed by atoms with van der Waals surface area (Å²) < 4.78 is 52.8. The zero-order chi connectivity index (χ0) is 17.7. The summed E-state index contributed by atoms with van der Waals surface area (Å²) in [7, 11) is 0. The van der Waals surface area contributed by atoms with Gasteiger partial charge in [-0.05, 0) is 55.5 Å². The van der Waals surface area contributed by atoms with Crippen molar-refractivity contribution in [3.05, 3.63) is 54.3 Å². The number of ether oxygens (including phenoxy) is 1. The lowest BCUT2D eigenvalue weighted by Crippen LogP contribution is -2.31. The van der Waals surface area contributed by atoms with Crippen LogP contribution in [0.5, 0.6) is 5.75 Å². The number of benzene rings is 2. The fraction of sp³-hybridized carbons (Fsp3) is 0.188. The van der Waals surface area contributed by atoms with E-state index in [9.17, 15) is 22.4 Å². The number of rotatable bonds is 5. The first-order valence-electron chi connectivity index (χ1n) is 6.92. The standard InChI is InChI=1S/C16H14F4N2O2/c1-10(21-12-4-2-11(17)3-5-12)15(23)22-13-6-8-14(9-7-13)24-16(18,19)20/h2-10,21H,1H3,(H,22,23). The molecule has 0 aliphatic rings. The van der Waals surface area contributed by atoms with Gasteiger partial charge < -0.3 is 15.4 Å². The highest BCUT2D eigenvalue weighted by Crippen LogP contribution is 2.24. The van der Waals surface area contributed by atoms with Crippen molar-refractivity contribution in [3.8, 4) is 5.75 Å². The molecule has 0 fully saturated rings. The molecule has 0 aliphatic carbocycles. The topological polar surface area (TPSA) is 50.4 Å². The van der Waals surface area contributed by atoms with E-state index in [-0.39, 0.29) is 11.6 Å². The van der Waals surface area contributed by atoms with E-state index >= 15 is 0 Å². The lowest BCUT2D eigenvalue weighted by Gasteiger charge is -2.15. The van der Waals surface area contributed by atoms with Crippen LogP contribution in [0.3, 0.4) is 0 Å². The van der Waals surface area contributed by atoms with Crippen molar-refractivity contribution in [1.82, 2.24) is 0 Å². The summed E-state index contributed by atoms with van der Waals surface area (Å²) in [5.41, 5.74) is 0.884. The third kappa shape index (κ3) is 5.45. The minimum absolute atomic E-state index is 0.322. The first-order valence-corrected chi connectivity index (χ1v) is 6.92. The lowest BCUT2D eigenvalue weighted by atomic mass is 10.2. The van der Waals surface area contributed by atoms with Crippen molar-refractivity contribution in [1.29, 1.82) is 0 Å². The summed E-state index contributed by atoms with van der Waals surface area (Å²) in [5.74, 6) is -1.17. The molecule has 0 radical (unpaired) electrons. The van der Waals surface area contributed by atoms with E-state index in [2.05, 4.69) is 15.4 Å². The summed E-state index contributed by atoms with van der Waals surface area (Å²) in [6, 6.07) is 9.64. The Morgan fingerprint density at radius 3 is 2.08 bits per heavy atom. The smallest absolute Gasteiger partial charge is 0.406 e. The van der Waals surface area contributed by atoms with E-state index < -0.39 is 18.3 Å². The van der Waals surface area contributed by atoms with Crippen LogP contribution in [-0.4, -0.2) is 18.3 Å². The van der Waals surface area contributed by atoms with Gasteiger partial charge in [0.25, 0.3) is 0 Å². The van der Waals surface area contributed by atoms with Gasteiger partial charge >= 0.3 is 6.36 Å². The van der Waals surface area contributed by atoms with Crippen molar-refractivity contribution in [3.63, 3.8) is 0 Å². The SMILES string of the molecule is CC(Nc1ccc(F)cc1)C(=O)Nc1ccc(OC(F)(F)F)cc1. The molecule has 128 valence electrons. The van der Waals surface area contributed by atoms with Crippen LogP contribution >= 0.6 is 0 Å². The van der Waals surface area contributed by atoms with E-state index in [0.717, 1.165) is 12.1 Å². The fourth-order valence-electron chi connectivity index (χ4n) is 1.85. The van der Waals surface area contributed by atoms with Gasteiger partial charge in [0.15, 0.2) is 0 Å². The second-order valence-electron chi connectivity index (χ2n) is 4.93. The number of carbonyl (C=O) groups is 1. The van der Waals surface area contributed by atoms with E-state index in [1.165, 1.54) is 36.4 Å². The summed E-state index contributed by atoms with van der Waals surface area (Å²) in [6.45, 7) is 1.60. The average Bonchev–Trinajstić information content (AvgIpc) is 2.50. The highest BCUT2D eigenvalue weighted by Gasteiger charge is 2.30. The lowest BCUT2D eigenvalue weighted by molar-refractivity contribution is -0.274. The monoisotopic (exact) mass is 342 g/mol. The van der Waals surface area contributed by atoms with Gasteiger partial charge in [-0.1, -0.05) is 0 Å². The molecule has 1 atom stereocenters. The average molecular weight is 342 g/mol. The maximum absolute atomic E-state index is 12.8. The van der Waals surface area contributed by atoms with Crippen molar-refractivity contribution in [2.75, 3.05) is 10.6 Å². The molecule has 0 heterocycles. The molecular formula is C16H14F4N2O2. The third-order valence-electron chi connectivity index (χ3n) is 2.98. The van der Waals surface area contributed by atoms with Gasteiger partial charge in [0.2, 0.25) is 5.91 Å². The zero-order valence-electron chi connectivity index (χ0n) is 12.5.